The summed E-state index contributed by atoms with van der Waals surface area (Å²) in [6, 6.07) is 0. The number of rotatable bonds is 3. The van der Waals surface area contributed by atoms with Gasteiger partial charge >= 0.3 is 0 Å². The average molecular weight is 247 g/mol. The maximum Gasteiger partial charge on any atom is 0.279 e. The molecule has 94 valence electrons. The molecule has 0 saturated carbocycles. The van der Waals surface area contributed by atoms with Crippen LogP contribution in [0.4, 0.5) is 0 Å². The van der Waals surface area contributed by atoms with Crippen LogP contribution < -0.4 is 10.0 Å². The molecule has 2 aliphatic rings. The molecule has 16 heavy (non-hydrogen) atoms. The summed E-state index contributed by atoms with van der Waals surface area (Å²) in [5.41, 5.74) is -0.283. The summed E-state index contributed by atoms with van der Waals surface area (Å²) in [4.78, 5) is 0. The second kappa shape index (κ2) is 3.94. The fourth-order valence-electron chi connectivity index (χ4n) is 3.05. The van der Waals surface area contributed by atoms with Crippen LogP contribution in [0, 0.1) is 11.8 Å². The molecule has 0 bridgehead atoms. The van der Waals surface area contributed by atoms with Crippen molar-refractivity contribution in [2.24, 2.45) is 11.8 Å². The molecule has 2 aliphatic heterocycles. The van der Waals surface area contributed by atoms with Gasteiger partial charge in [0, 0.05) is 25.2 Å². The third kappa shape index (κ3) is 1.77. The van der Waals surface area contributed by atoms with Crippen LogP contribution in [-0.2, 0) is 10.2 Å². The summed E-state index contributed by atoms with van der Waals surface area (Å²) in [6.45, 7) is 8.81. The predicted octanol–water partition coefficient (Wildman–Crippen LogP) is -0.229. The van der Waals surface area contributed by atoms with Gasteiger partial charge in [-0.3, -0.25) is 0 Å². The van der Waals surface area contributed by atoms with E-state index < -0.39 is 10.2 Å². The maximum atomic E-state index is 12.1. The zero-order valence-electron chi connectivity index (χ0n) is 10.2. The van der Waals surface area contributed by atoms with Crippen molar-refractivity contribution in [3.8, 4) is 0 Å². The molecular weight excluding hydrogens is 226 g/mol. The lowest BCUT2D eigenvalue weighted by Gasteiger charge is -2.34. The summed E-state index contributed by atoms with van der Waals surface area (Å²) < 4.78 is 28.4. The number of hydrogen-bond donors (Lipinski definition) is 2. The first-order chi connectivity index (χ1) is 7.39. The van der Waals surface area contributed by atoms with Crippen molar-refractivity contribution >= 4 is 10.2 Å². The van der Waals surface area contributed by atoms with Crippen LogP contribution in [0.25, 0.3) is 0 Å². The lowest BCUT2D eigenvalue weighted by Crippen LogP contribution is -2.51. The topological polar surface area (TPSA) is 61.4 Å². The van der Waals surface area contributed by atoms with E-state index in [1.165, 1.54) is 0 Å². The van der Waals surface area contributed by atoms with E-state index in [-0.39, 0.29) is 5.54 Å². The van der Waals surface area contributed by atoms with Crippen molar-refractivity contribution in [2.45, 2.75) is 26.3 Å². The molecule has 0 aromatic heterocycles. The van der Waals surface area contributed by atoms with Gasteiger partial charge in [-0.05, 0) is 32.2 Å². The van der Waals surface area contributed by atoms with E-state index in [1.807, 2.05) is 20.8 Å². The number of nitrogens with zero attached hydrogens (tertiary/aromatic N) is 1. The molecule has 2 heterocycles. The van der Waals surface area contributed by atoms with E-state index in [2.05, 4.69) is 10.0 Å². The van der Waals surface area contributed by atoms with Crippen LogP contribution in [-0.4, -0.2) is 44.4 Å². The summed E-state index contributed by atoms with van der Waals surface area (Å²) in [5.74, 6) is 0.893. The highest BCUT2D eigenvalue weighted by atomic mass is 32.2. The van der Waals surface area contributed by atoms with Crippen molar-refractivity contribution in [1.29, 1.82) is 0 Å². The van der Waals surface area contributed by atoms with Gasteiger partial charge in [0.1, 0.15) is 0 Å². The lowest BCUT2D eigenvalue weighted by atomic mass is 9.85. The standard InChI is InChI=1S/C10H21N3O2S/c1-4-12-16(14,15)13-7-8-5-11-6-9(8)10(13,2)3/h8-9,11-12H,4-7H2,1-3H3. The summed E-state index contributed by atoms with van der Waals surface area (Å²) in [6.07, 6.45) is 0. The van der Waals surface area contributed by atoms with Gasteiger partial charge in [0.2, 0.25) is 0 Å². The van der Waals surface area contributed by atoms with E-state index in [1.54, 1.807) is 4.31 Å². The van der Waals surface area contributed by atoms with Crippen molar-refractivity contribution in [1.82, 2.24) is 14.3 Å². The molecule has 0 radical (unpaired) electrons. The molecule has 2 fully saturated rings. The zero-order chi connectivity index (χ0) is 12.0. The highest BCUT2D eigenvalue weighted by Gasteiger charge is 2.53. The highest BCUT2D eigenvalue weighted by molar-refractivity contribution is 7.87. The highest BCUT2D eigenvalue weighted by Crippen LogP contribution is 2.41. The minimum absolute atomic E-state index is 0.283. The number of nitrogens with one attached hydrogen (secondary N) is 2. The first-order valence-electron chi connectivity index (χ1n) is 5.87. The van der Waals surface area contributed by atoms with Crippen molar-refractivity contribution in [3.63, 3.8) is 0 Å². The zero-order valence-corrected chi connectivity index (χ0v) is 11.0. The van der Waals surface area contributed by atoms with Crippen molar-refractivity contribution < 1.29 is 8.42 Å². The fourth-order valence-corrected chi connectivity index (χ4v) is 4.72. The van der Waals surface area contributed by atoms with E-state index in [0.29, 0.717) is 24.9 Å². The minimum atomic E-state index is -3.30. The van der Waals surface area contributed by atoms with Crippen LogP contribution in [0.15, 0.2) is 0 Å². The first kappa shape index (κ1) is 12.3. The Morgan fingerprint density at radius 3 is 2.69 bits per heavy atom. The van der Waals surface area contributed by atoms with Crippen LogP contribution in [0.1, 0.15) is 20.8 Å². The Kier molecular flexibility index (Phi) is 3.03. The second-order valence-electron chi connectivity index (χ2n) is 5.21. The third-order valence-corrected chi connectivity index (χ3v) is 5.76. The third-order valence-electron chi connectivity index (χ3n) is 3.91. The largest absolute Gasteiger partial charge is 0.316 e. The lowest BCUT2D eigenvalue weighted by molar-refractivity contribution is 0.231. The average Bonchev–Trinajstić information content (AvgIpc) is 2.68. The molecular formula is C10H21N3O2S. The Balaban J connectivity index is 2.25. The number of hydrogen-bond acceptors (Lipinski definition) is 3. The predicted molar refractivity (Wildman–Crippen MR) is 63.2 cm³/mol. The normalized spacial score (nSPS) is 34.2. The van der Waals surface area contributed by atoms with E-state index in [4.69, 9.17) is 0 Å². The van der Waals surface area contributed by atoms with Crippen LogP contribution in [0.3, 0.4) is 0 Å². The molecule has 0 aromatic rings. The van der Waals surface area contributed by atoms with E-state index in [0.717, 1.165) is 13.1 Å². The smallest absolute Gasteiger partial charge is 0.279 e. The Morgan fingerprint density at radius 1 is 1.44 bits per heavy atom. The molecule has 0 aliphatic carbocycles. The Morgan fingerprint density at radius 2 is 2.12 bits per heavy atom. The molecule has 2 atom stereocenters. The maximum absolute atomic E-state index is 12.1. The SMILES string of the molecule is CCNS(=O)(=O)N1CC2CNCC2C1(C)C. The summed E-state index contributed by atoms with van der Waals surface area (Å²) in [7, 11) is -3.30. The Bertz CT molecular complexity index is 366. The van der Waals surface area contributed by atoms with Gasteiger partial charge in [0.05, 0.1) is 0 Å². The molecule has 2 rings (SSSR count). The fraction of sp³-hybridized carbons (Fsp3) is 1.00. The van der Waals surface area contributed by atoms with Gasteiger partial charge in [-0.15, -0.1) is 0 Å². The molecule has 0 spiro atoms. The monoisotopic (exact) mass is 247 g/mol. The van der Waals surface area contributed by atoms with Gasteiger partial charge in [0.25, 0.3) is 10.2 Å². The van der Waals surface area contributed by atoms with Gasteiger partial charge in [0.15, 0.2) is 0 Å². The Hall–Kier alpha value is -0.170. The first-order valence-corrected chi connectivity index (χ1v) is 7.31. The van der Waals surface area contributed by atoms with Gasteiger partial charge in [-0.2, -0.15) is 12.7 Å². The van der Waals surface area contributed by atoms with Gasteiger partial charge in [-0.1, -0.05) is 6.92 Å². The van der Waals surface area contributed by atoms with Crippen LogP contribution >= 0.6 is 0 Å². The molecule has 5 nitrogen and oxygen atoms in total. The Labute approximate surface area is 97.8 Å². The van der Waals surface area contributed by atoms with Crippen LogP contribution in [0.5, 0.6) is 0 Å². The van der Waals surface area contributed by atoms with Crippen molar-refractivity contribution in [3.05, 3.63) is 0 Å². The molecule has 2 unspecified atom stereocenters. The molecule has 2 saturated heterocycles. The molecule has 2 N–H and O–H groups in total. The molecule has 6 heteroatoms. The van der Waals surface area contributed by atoms with Crippen molar-refractivity contribution in [2.75, 3.05) is 26.2 Å². The summed E-state index contributed by atoms with van der Waals surface area (Å²) >= 11 is 0. The molecule has 0 aromatic carbocycles. The second-order valence-corrected chi connectivity index (χ2v) is 6.89. The quantitative estimate of drug-likeness (QED) is 0.724. The molecule has 0 amide bonds. The van der Waals surface area contributed by atoms with Crippen LogP contribution in [0.2, 0.25) is 0 Å². The minimum Gasteiger partial charge on any atom is -0.316 e. The number of fused-ring (bicyclic) bond motifs is 1. The summed E-state index contributed by atoms with van der Waals surface area (Å²) in [5, 5.41) is 3.34. The van der Waals surface area contributed by atoms with Gasteiger partial charge < -0.3 is 5.32 Å². The van der Waals surface area contributed by atoms with Gasteiger partial charge in [-0.25, -0.2) is 4.72 Å². The van der Waals surface area contributed by atoms with E-state index in [9.17, 15) is 8.42 Å². The van der Waals surface area contributed by atoms with E-state index >= 15 is 0 Å².